The molecule has 3 aromatic carbocycles. The summed E-state index contributed by atoms with van der Waals surface area (Å²) in [5.74, 6) is 1.84. The van der Waals surface area contributed by atoms with Gasteiger partial charge in [0.2, 0.25) is 0 Å². The van der Waals surface area contributed by atoms with Crippen molar-refractivity contribution < 1.29 is 4.74 Å². The van der Waals surface area contributed by atoms with Crippen LogP contribution in [0.4, 0.5) is 0 Å². The van der Waals surface area contributed by atoms with Crippen LogP contribution in [0.3, 0.4) is 0 Å². The molecule has 1 nitrogen and oxygen atoms in total. The van der Waals surface area contributed by atoms with E-state index in [0.29, 0.717) is 0 Å². The van der Waals surface area contributed by atoms with Gasteiger partial charge in [0.25, 0.3) is 0 Å². The summed E-state index contributed by atoms with van der Waals surface area (Å²) < 4.78 is 6.16. The van der Waals surface area contributed by atoms with E-state index in [4.69, 9.17) is 4.74 Å². The van der Waals surface area contributed by atoms with E-state index in [0.717, 1.165) is 17.1 Å². The van der Waals surface area contributed by atoms with Crippen molar-refractivity contribution in [2.45, 2.75) is 12.3 Å². The van der Waals surface area contributed by atoms with Gasteiger partial charge < -0.3 is 4.74 Å². The van der Waals surface area contributed by atoms with Gasteiger partial charge in [-0.3, -0.25) is 0 Å². The zero-order chi connectivity index (χ0) is 17.0. The number of fused-ring (bicyclic) bond motifs is 7. The summed E-state index contributed by atoms with van der Waals surface area (Å²) in [7, 11) is 0. The second-order valence-electron chi connectivity index (χ2n) is 6.61. The van der Waals surface area contributed by atoms with Gasteiger partial charge in [-0.05, 0) is 35.2 Å². The molecule has 2 aliphatic rings. The highest BCUT2D eigenvalue weighted by Gasteiger charge is 2.50. The largest absolute Gasteiger partial charge is 0.461 e. The first-order valence-corrected chi connectivity index (χ1v) is 8.59. The highest BCUT2D eigenvalue weighted by molar-refractivity contribution is 5.87. The lowest BCUT2D eigenvalue weighted by atomic mass is 9.65. The predicted molar refractivity (Wildman–Crippen MR) is 102 cm³/mol. The zero-order valence-corrected chi connectivity index (χ0v) is 14.1. The van der Waals surface area contributed by atoms with Crippen LogP contribution in [0, 0.1) is 0 Å². The Morgan fingerprint density at radius 2 is 1.28 bits per heavy atom. The molecular weight excluding hydrogens is 304 g/mol. The Bertz CT molecular complexity index is 1010. The third kappa shape index (κ3) is 1.63. The summed E-state index contributed by atoms with van der Waals surface area (Å²) in [5.41, 5.74) is 7.16. The molecule has 3 aromatic rings. The van der Waals surface area contributed by atoms with Gasteiger partial charge in [-0.2, -0.15) is 0 Å². The molecule has 0 saturated heterocycles. The van der Waals surface area contributed by atoms with Gasteiger partial charge in [0.05, 0.1) is 5.41 Å². The van der Waals surface area contributed by atoms with Crippen LogP contribution in [0.25, 0.3) is 11.1 Å². The number of hydrogen-bond donors (Lipinski definition) is 0. The first-order chi connectivity index (χ1) is 12.3. The predicted octanol–water partition coefficient (Wildman–Crippen LogP) is 5.85. The van der Waals surface area contributed by atoms with Gasteiger partial charge in [-0.1, -0.05) is 79.4 Å². The third-order valence-electron chi connectivity index (χ3n) is 5.49. The number of benzene rings is 3. The van der Waals surface area contributed by atoms with Crippen molar-refractivity contribution in [2.75, 3.05) is 0 Å². The fraction of sp³-hybridized carbons (Fsp3) is 0.0833. The quantitative estimate of drug-likeness (QED) is 0.546. The molecule has 1 spiro atoms. The molecule has 0 unspecified atom stereocenters. The van der Waals surface area contributed by atoms with Gasteiger partial charge >= 0.3 is 0 Å². The van der Waals surface area contributed by atoms with E-state index in [1.807, 2.05) is 19.1 Å². The molecule has 0 saturated carbocycles. The first-order valence-electron chi connectivity index (χ1n) is 8.59. The maximum Gasteiger partial charge on any atom is 0.131 e. The van der Waals surface area contributed by atoms with Crippen LogP contribution in [0.1, 0.15) is 23.6 Å². The van der Waals surface area contributed by atoms with Crippen LogP contribution >= 0.6 is 0 Å². The van der Waals surface area contributed by atoms with Crippen LogP contribution in [0.5, 0.6) is 5.75 Å². The molecule has 0 bridgehead atoms. The molecule has 1 heterocycles. The highest BCUT2D eigenvalue weighted by Crippen LogP contribution is 2.60. The Balaban J connectivity index is 2.03. The summed E-state index contributed by atoms with van der Waals surface area (Å²) in [4.78, 5) is 0. The molecule has 0 atom stereocenters. The lowest BCUT2D eigenvalue weighted by Crippen LogP contribution is -2.33. The average Bonchev–Trinajstić information content (AvgIpc) is 2.94. The number of para-hydroxylation sites is 1. The van der Waals surface area contributed by atoms with E-state index >= 15 is 0 Å². The Labute approximate surface area is 147 Å². The molecule has 120 valence electrons. The van der Waals surface area contributed by atoms with Crippen molar-refractivity contribution in [3.8, 4) is 16.9 Å². The average molecular weight is 322 g/mol. The molecular formula is C24H18O. The van der Waals surface area contributed by atoms with Crippen LogP contribution in [0.2, 0.25) is 0 Å². The van der Waals surface area contributed by atoms with Crippen LogP contribution in [-0.4, -0.2) is 0 Å². The van der Waals surface area contributed by atoms with E-state index in [9.17, 15) is 0 Å². The number of hydrogen-bond acceptors (Lipinski definition) is 1. The molecule has 5 rings (SSSR count). The summed E-state index contributed by atoms with van der Waals surface area (Å²) in [6.45, 7) is 6.17. The Kier molecular flexibility index (Phi) is 2.84. The van der Waals surface area contributed by atoms with Gasteiger partial charge in [-0.25, -0.2) is 0 Å². The van der Waals surface area contributed by atoms with Crippen molar-refractivity contribution in [2.24, 2.45) is 0 Å². The second-order valence-corrected chi connectivity index (χ2v) is 6.61. The lowest BCUT2D eigenvalue weighted by Gasteiger charge is -2.39. The molecule has 0 fully saturated rings. The number of rotatable bonds is 1. The van der Waals surface area contributed by atoms with Crippen molar-refractivity contribution in [1.29, 1.82) is 0 Å². The van der Waals surface area contributed by atoms with E-state index in [2.05, 4.69) is 73.3 Å². The van der Waals surface area contributed by atoms with E-state index in [1.165, 1.54) is 27.8 Å². The van der Waals surface area contributed by atoms with E-state index < -0.39 is 0 Å². The standard InChI is InChI=1S/C24H18O/c1-3-19-16(2)25-23-15-9-8-14-22(23)24(19)20-12-6-4-10-17(20)18-11-5-7-13-21(18)24/h3-15H,1H2,2H3. The smallest absolute Gasteiger partial charge is 0.131 e. The molecule has 25 heavy (non-hydrogen) atoms. The minimum absolute atomic E-state index is 0.353. The fourth-order valence-corrected chi connectivity index (χ4v) is 4.61. The van der Waals surface area contributed by atoms with Gasteiger partial charge in [-0.15, -0.1) is 0 Å². The first kappa shape index (κ1) is 14.3. The van der Waals surface area contributed by atoms with Crippen molar-refractivity contribution in [3.05, 3.63) is 113 Å². The van der Waals surface area contributed by atoms with Crippen molar-refractivity contribution in [1.82, 2.24) is 0 Å². The molecule has 0 N–H and O–H groups in total. The Morgan fingerprint density at radius 1 is 0.760 bits per heavy atom. The Hall–Kier alpha value is -3.06. The number of ether oxygens (including phenoxy) is 1. The van der Waals surface area contributed by atoms with Crippen LogP contribution < -0.4 is 4.74 Å². The summed E-state index contributed by atoms with van der Waals surface area (Å²) in [5, 5.41) is 0. The summed E-state index contributed by atoms with van der Waals surface area (Å²) >= 11 is 0. The van der Waals surface area contributed by atoms with Gasteiger partial charge in [0.15, 0.2) is 0 Å². The lowest BCUT2D eigenvalue weighted by molar-refractivity contribution is 0.387. The molecule has 1 aliphatic carbocycles. The molecule has 1 heteroatoms. The van der Waals surface area contributed by atoms with Crippen LogP contribution in [-0.2, 0) is 5.41 Å². The molecule has 0 amide bonds. The minimum atomic E-state index is -0.353. The monoisotopic (exact) mass is 322 g/mol. The van der Waals surface area contributed by atoms with E-state index in [-0.39, 0.29) is 5.41 Å². The minimum Gasteiger partial charge on any atom is -0.461 e. The topological polar surface area (TPSA) is 9.23 Å². The highest BCUT2D eigenvalue weighted by atomic mass is 16.5. The molecule has 0 aromatic heterocycles. The van der Waals surface area contributed by atoms with Crippen molar-refractivity contribution >= 4 is 0 Å². The van der Waals surface area contributed by atoms with E-state index in [1.54, 1.807) is 0 Å². The molecule has 0 radical (unpaired) electrons. The third-order valence-corrected chi connectivity index (χ3v) is 5.49. The maximum absolute atomic E-state index is 6.16. The van der Waals surface area contributed by atoms with Crippen molar-refractivity contribution in [3.63, 3.8) is 0 Å². The SMILES string of the molecule is C=CC1=C(C)Oc2ccccc2C12c1ccccc1-c1ccccc12. The van der Waals surface area contributed by atoms with Gasteiger partial charge in [0.1, 0.15) is 11.5 Å². The Morgan fingerprint density at radius 3 is 1.88 bits per heavy atom. The summed E-state index contributed by atoms with van der Waals surface area (Å²) in [6.07, 6.45) is 1.96. The zero-order valence-electron chi connectivity index (χ0n) is 14.1. The maximum atomic E-state index is 6.16. The second kappa shape index (κ2) is 4.97. The number of allylic oxidation sites excluding steroid dienone is 3. The fourth-order valence-electron chi connectivity index (χ4n) is 4.61. The normalized spacial score (nSPS) is 16.0. The summed E-state index contributed by atoms with van der Waals surface area (Å²) in [6, 6.07) is 25.8. The van der Waals surface area contributed by atoms with Gasteiger partial charge in [0, 0.05) is 11.1 Å². The van der Waals surface area contributed by atoms with Crippen LogP contribution in [0.15, 0.2) is 96.8 Å². The molecule has 1 aliphatic heterocycles.